The largest absolute Gasteiger partial charge is 0.456 e. The lowest BCUT2D eigenvalue weighted by atomic mass is 9.81. The Kier molecular flexibility index (Phi) is 9.21. The summed E-state index contributed by atoms with van der Waals surface area (Å²) in [7, 11) is 0. The molecule has 0 amide bonds. The van der Waals surface area contributed by atoms with Gasteiger partial charge in [-0.1, -0.05) is 190 Å². The van der Waals surface area contributed by atoms with Crippen molar-refractivity contribution >= 4 is 39.0 Å². The number of para-hydroxylation sites is 1. The number of nitrogens with zero attached hydrogens (tertiary/aromatic N) is 1. The first-order chi connectivity index (χ1) is 31.9. The van der Waals surface area contributed by atoms with Crippen molar-refractivity contribution in [2.75, 3.05) is 4.90 Å². The Morgan fingerprint density at radius 3 is 1.20 bits per heavy atom. The van der Waals surface area contributed by atoms with Gasteiger partial charge in [0, 0.05) is 33.2 Å². The monoisotopic (exact) mass is 831 g/mol. The van der Waals surface area contributed by atoms with Gasteiger partial charge in [0.25, 0.3) is 0 Å². The fourth-order valence-electron chi connectivity index (χ4n) is 9.97. The average molecular weight is 832 g/mol. The lowest BCUT2D eigenvalue weighted by Gasteiger charge is -2.28. The molecular weight excluding hydrogens is 787 g/mol. The van der Waals surface area contributed by atoms with Crippen molar-refractivity contribution in [3.63, 3.8) is 0 Å². The molecule has 65 heavy (non-hydrogen) atoms. The van der Waals surface area contributed by atoms with Crippen LogP contribution in [0.3, 0.4) is 0 Å². The molecule has 12 rings (SSSR count). The summed E-state index contributed by atoms with van der Waals surface area (Å²) in [6, 6.07) is 85.9. The molecule has 0 spiro atoms. The summed E-state index contributed by atoms with van der Waals surface area (Å²) in [4.78, 5) is 2.40. The second-order valence-electron chi connectivity index (χ2n) is 17.7. The van der Waals surface area contributed by atoms with Gasteiger partial charge in [-0.05, 0) is 139 Å². The van der Waals surface area contributed by atoms with E-state index in [1.807, 2.05) is 12.1 Å². The molecule has 0 radical (unpaired) electrons. The molecule has 2 heteroatoms. The van der Waals surface area contributed by atoms with E-state index in [0.29, 0.717) is 0 Å². The SMILES string of the molecule is CC1(C)c2cc(-c3ccc4oc5ccccc5c4c3)ccc2-c2ccc(N(c3ccc(-c4ccc(-c5ccccc5)cc4)cc3)c3ccc(-c4ccc(-c5ccccc5)cc4)cc3)cc21. The highest BCUT2D eigenvalue weighted by Gasteiger charge is 2.36. The standard InChI is InChI=1S/C63H45NO/c1-63(2)59-40-51(50-30-38-62-58(39-50)57-15-9-10-16-61(57)65-62)29-36-55(59)56-37-35-54(41-60(56)63)64(52-31-25-48(26-32-52)46-21-17-44(18-22-46)42-11-5-3-6-12-42)53-33-27-49(28-34-53)47-23-19-45(20-24-47)43-13-7-4-8-14-43/h3-41H,1-2H3. The summed E-state index contributed by atoms with van der Waals surface area (Å²) in [6.45, 7) is 4.75. The zero-order valence-corrected chi connectivity index (χ0v) is 36.4. The van der Waals surface area contributed by atoms with Gasteiger partial charge in [-0.15, -0.1) is 0 Å². The van der Waals surface area contributed by atoms with Gasteiger partial charge in [-0.3, -0.25) is 0 Å². The first kappa shape index (κ1) is 38.5. The van der Waals surface area contributed by atoms with E-state index in [9.17, 15) is 0 Å². The van der Waals surface area contributed by atoms with Gasteiger partial charge >= 0.3 is 0 Å². The first-order valence-electron chi connectivity index (χ1n) is 22.5. The van der Waals surface area contributed by atoms with Crippen LogP contribution < -0.4 is 4.90 Å². The molecule has 0 atom stereocenters. The Balaban J connectivity index is 0.900. The highest BCUT2D eigenvalue weighted by Crippen LogP contribution is 2.52. The minimum Gasteiger partial charge on any atom is -0.456 e. The molecule has 2 nitrogen and oxygen atoms in total. The number of hydrogen-bond acceptors (Lipinski definition) is 2. The van der Waals surface area contributed by atoms with E-state index in [0.717, 1.165) is 39.0 Å². The van der Waals surface area contributed by atoms with Crippen LogP contribution in [0.2, 0.25) is 0 Å². The van der Waals surface area contributed by atoms with Crippen LogP contribution in [0.1, 0.15) is 25.0 Å². The Hall–Kier alpha value is -8.20. The van der Waals surface area contributed by atoms with E-state index in [1.165, 1.54) is 77.9 Å². The number of anilines is 3. The fraction of sp³-hybridized carbons (Fsp3) is 0.0476. The molecule has 11 aromatic rings. The van der Waals surface area contributed by atoms with E-state index in [2.05, 4.69) is 243 Å². The van der Waals surface area contributed by atoms with Crippen molar-refractivity contribution in [1.29, 1.82) is 0 Å². The molecular formula is C63H45NO. The van der Waals surface area contributed by atoms with Crippen LogP contribution in [0.15, 0.2) is 241 Å². The summed E-state index contributed by atoms with van der Waals surface area (Å²) in [5, 5.41) is 2.29. The van der Waals surface area contributed by atoms with Gasteiger partial charge in [-0.2, -0.15) is 0 Å². The van der Waals surface area contributed by atoms with Gasteiger partial charge in [0.2, 0.25) is 0 Å². The number of rotatable bonds is 8. The molecule has 0 unspecified atom stereocenters. The van der Waals surface area contributed by atoms with Crippen molar-refractivity contribution in [2.45, 2.75) is 19.3 Å². The minimum absolute atomic E-state index is 0.222. The van der Waals surface area contributed by atoms with Crippen molar-refractivity contribution in [1.82, 2.24) is 0 Å². The quantitative estimate of drug-likeness (QED) is 0.152. The number of hydrogen-bond donors (Lipinski definition) is 0. The van der Waals surface area contributed by atoms with Crippen molar-refractivity contribution in [3.05, 3.63) is 248 Å². The number of fused-ring (bicyclic) bond motifs is 6. The molecule has 308 valence electrons. The topological polar surface area (TPSA) is 16.4 Å². The van der Waals surface area contributed by atoms with Gasteiger partial charge in [0.05, 0.1) is 0 Å². The molecule has 0 saturated carbocycles. The molecule has 1 heterocycles. The maximum absolute atomic E-state index is 6.17. The van der Waals surface area contributed by atoms with Crippen LogP contribution in [-0.4, -0.2) is 0 Å². The predicted octanol–water partition coefficient (Wildman–Crippen LogP) is 17.7. The van der Waals surface area contributed by atoms with Gasteiger partial charge in [0.15, 0.2) is 0 Å². The van der Waals surface area contributed by atoms with Crippen molar-refractivity contribution < 1.29 is 4.42 Å². The maximum Gasteiger partial charge on any atom is 0.135 e. The number of benzene rings is 10. The van der Waals surface area contributed by atoms with E-state index in [-0.39, 0.29) is 5.41 Å². The van der Waals surface area contributed by atoms with Crippen LogP contribution in [0, 0.1) is 0 Å². The fourth-order valence-corrected chi connectivity index (χ4v) is 9.97. The van der Waals surface area contributed by atoms with Crippen LogP contribution in [0.25, 0.3) is 88.7 Å². The molecule has 0 fully saturated rings. The third kappa shape index (κ3) is 6.83. The summed E-state index contributed by atoms with van der Waals surface area (Å²) in [5.74, 6) is 0. The van der Waals surface area contributed by atoms with Crippen LogP contribution >= 0.6 is 0 Å². The molecule has 0 bridgehead atoms. The summed E-state index contributed by atoms with van der Waals surface area (Å²) in [6.07, 6.45) is 0. The third-order valence-electron chi connectivity index (χ3n) is 13.5. The minimum atomic E-state index is -0.222. The maximum atomic E-state index is 6.17. The molecule has 1 aromatic heterocycles. The summed E-state index contributed by atoms with van der Waals surface area (Å²) < 4.78 is 6.17. The van der Waals surface area contributed by atoms with E-state index < -0.39 is 0 Å². The zero-order chi connectivity index (χ0) is 43.5. The smallest absolute Gasteiger partial charge is 0.135 e. The summed E-state index contributed by atoms with van der Waals surface area (Å²) in [5.41, 5.74) is 22.3. The molecule has 0 aliphatic heterocycles. The van der Waals surface area contributed by atoms with Gasteiger partial charge < -0.3 is 9.32 Å². The third-order valence-corrected chi connectivity index (χ3v) is 13.5. The highest BCUT2D eigenvalue weighted by atomic mass is 16.3. The molecule has 0 saturated heterocycles. The Morgan fingerprint density at radius 2 is 0.662 bits per heavy atom. The number of furan rings is 1. The second-order valence-corrected chi connectivity index (χ2v) is 17.7. The van der Waals surface area contributed by atoms with Crippen LogP contribution in [0.4, 0.5) is 17.1 Å². The lowest BCUT2D eigenvalue weighted by Crippen LogP contribution is -2.16. The van der Waals surface area contributed by atoms with Crippen LogP contribution in [-0.2, 0) is 5.41 Å². The second kappa shape index (κ2) is 15.6. The molecule has 0 N–H and O–H groups in total. The van der Waals surface area contributed by atoms with E-state index in [1.54, 1.807) is 0 Å². The zero-order valence-electron chi connectivity index (χ0n) is 36.4. The van der Waals surface area contributed by atoms with Gasteiger partial charge in [-0.25, -0.2) is 0 Å². The van der Waals surface area contributed by atoms with Crippen LogP contribution in [0.5, 0.6) is 0 Å². The first-order valence-corrected chi connectivity index (χ1v) is 22.5. The Bertz CT molecular complexity index is 3380. The predicted molar refractivity (Wildman–Crippen MR) is 273 cm³/mol. The Labute approximate surface area is 380 Å². The lowest BCUT2D eigenvalue weighted by molar-refractivity contribution is 0.660. The molecule has 1 aliphatic carbocycles. The van der Waals surface area contributed by atoms with E-state index >= 15 is 0 Å². The molecule has 1 aliphatic rings. The normalized spacial score (nSPS) is 12.6. The average Bonchev–Trinajstić information content (AvgIpc) is 3.85. The highest BCUT2D eigenvalue weighted by molar-refractivity contribution is 6.06. The summed E-state index contributed by atoms with van der Waals surface area (Å²) >= 11 is 0. The Morgan fingerprint density at radius 1 is 0.292 bits per heavy atom. The molecule has 10 aromatic carbocycles. The van der Waals surface area contributed by atoms with E-state index in [4.69, 9.17) is 4.42 Å². The van der Waals surface area contributed by atoms with Crippen molar-refractivity contribution in [2.24, 2.45) is 0 Å². The van der Waals surface area contributed by atoms with Crippen molar-refractivity contribution in [3.8, 4) is 66.8 Å². The van der Waals surface area contributed by atoms with Gasteiger partial charge in [0.1, 0.15) is 11.2 Å².